The average Bonchev–Trinajstić information content (AvgIpc) is 2.43. The molecule has 0 aromatic carbocycles. The molecule has 1 aliphatic rings. The Morgan fingerprint density at radius 2 is 2.06 bits per heavy atom. The van der Waals surface area contributed by atoms with Crippen LogP contribution >= 0.6 is 7.82 Å². The van der Waals surface area contributed by atoms with Gasteiger partial charge in [-0.3, -0.25) is 9.79 Å². The van der Waals surface area contributed by atoms with Crippen LogP contribution in [0.2, 0.25) is 0 Å². The minimum absolute atomic E-state index is 0. The van der Waals surface area contributed by atoms with Gasteiger partial charge in [-0.15, -0.1) is 0 Å². The monoisotopic (exact) mass is 282 g/mol. The number of phosphoric acid groups is 1. The Morgan fingerprint density at radius 3 is 2.47 bits per heavy atom. The summed E-state index contributed by atoms with van der Waals surface area (Å²) < 4.78 is 18.9. The molecule has 0 radical (unpaired) electrons. The van der Waals surface area contributed by atoms with Gasteiger partial charge in [-0.05, 0) is 0 Å². The third-order valence-corrected chi connectivity index (χ3v) is 2.11. The van der Waals surface area contributed by atoms with E-state index in [4.69, 9.17) is 25.1 Å². The number of hydrogen-bond acceptors (Lipinski definition) is 7. The summed E-state index contributed by atoms with van der Waals surface area (Å²) in [7, 11) is -5.01. The van der Waals surface area contributed by atoms with E-state index in [0.717, 1.165) is 0 Å². The second-order valence-corrected chi connectivity index (χ2v) is 4.03. The number of carbonyl (C=O) groups excluding carboxylic acids is 1. The SMILES string of the molecule is O=C1O[C@H]([C@@H](O)CO)C(OP(=O)(O)O)=C1O.[H-].[H-].[Mg+2]. The molecule has 0 saturated carbocycles. The number of ether oxygens (including phenoxy) is 1. The Bertz CT molecular complexity index is 383. The zero-order chi connectivity index (χ0) is 12.5. The number of cyclic esters (lactones) is 1. The van der Waals surface area contributed by atoms with Crippen LogP contribution in [0.3, 0.4) is 0 Å². The summed E-state index contributed by atoms with van der Waals surface area (Å²) in [6.07, 6.45) is -3.31. The number of aliphatic hydroxyl groups is 3. The van der Waals surface area contributed by atoms with Crippen molar-refractivity contribution in [1.29, 1.82) is 0 Å². The molecule has 0 unspecified atom stereocenters. The van der Waals surface area contributed by atoms with Crippen LogP contribution in [0.4, 0.5) is 0 Å². The van der Waals surface area contributed by atoms with Crippen LogP contribution in [-0.4, -0.2) is 72.9 Å². The molecular formula is C6H11MgO9P. The van der Waals surface area contributed by atoms with Gasteiger partial charge in [0.2, 0.25) is 11.5 Å². The zero-order valence-electron chi connectivity index (χ0n) is 10.4. The predicted octanol–water partition coefficient (Wildman–Crippen LogP) is -2.01. The maximum absolute atomic E-state index is 10.8. The van der Waals surface area contributed by atoms with Crippen LogP contribution in [-0.2, 0) is 18.6 Å². The molecule has 1 aliphatic heterocycles. The van der Waals surface area contributed by atoms with E-state index in [2.05, 4.69) is 9.26 Å². The molecule has 11 heteroatoms. The Balaban J connectivity index is -0.000000853. The largest absolute Gasteiger partial charge is 2.00 e. The Hall–Kier alpha value is -0.354. The van der Waals surface area contributed by atoms with Gasteiger partial charge in [0.05, 0.1) is 6.61 Å². The molecule has 0 saturated heterocycles. The van der Waals surface area contributed by atoms with Crippen molar-refractivity contribution >= 4 is 36.8 Å². The summed E-state index contributed by atoms with van der Waals surface area (Å²) in [5.74, 6) is -3.36. The van der Waals surface area contributed by atoms with E-state index in [9.17, 15) is 9.36 Å². The first-order valence-corrected chi connectivity index (χ1v) is 5.47. The molecule has 17 heavy (non-hydrogen) atoms. The van der Waals surface area contributed by atoms with E-state index in [1.54, 1.807) is 0 Å². The second kappa shape index (κ2) is 6.00. The fraction of sp³-hybridized carbons (Fsp3) is 0.500. The molecule has 0 aromatic rings. The molecule has 96 valence electrons. The number of rotatable bonds is 4. The van der Waals surface area contributed by atoms with Crippen LogP contribution in [0.25, 0.3) is 0 Å². The molecule has 9 nitrogen and oxygen atoms in total. The maximum Gasteiger partial charge on any atom is 2.00 e. The van der Waals surface area contributed by atoms with E-state index in [-0.39, 0.29) is 25.9 Å². The number of aliphatic hydroxyl groups excluding tert-OH is 3. The first-order chi connectivity index (χ1) is 7.26. The third kappa shape index (κ3) is 4.10. The summed E-state index contributed by atoms with van der Waals surface area (Å²) in [5, 5.41) is 26.8. The van der Waals surface area contributed by atoms with Crippen LogP contribution < -0.4 is 0 Å². The van der Waals surface area contributed by atoms with Gasteiger partial charge in [-0.1, -0.05) is 0 Å². The summed E-state index contributed by atoms with van der Waals surface area (Å²) in [6, 6.07) is 0. The first kappa shape index (κ1) is 16.6. The molecular weight excluding hydrogens is 271 g/mol. The standard InChI is InChI=1S/C6H9O9P.Mg.2H/c7-1-2(8)4-5(15-16(11,12)13)3(9)6(10)14-4;;;/h2,4,7-9H,1H2,(H2,11,12,13);;;/q;+2;2*-1/t2-,4+;;;/m0.../s1. The van der Waals surface area contributed by atoms with E-state index >= 15 is 0 Å². The van der Waals surface area contributed by atoms with Gasteiger partial charge in [0.1, 0.15) is 6.10 Å². The summed E-state index contributed by atoms with van der Waals surface area (Å²) in [6.45, 7) is -0.848. The van der Waals surface area contributed by atoms with Crippen molar-refractivity contribution in [3.8, 4) is 0 Å². The smallest absolute Gasteiger partial charge is 1.00 e. The van der Waals surface area contributed by atoms with Gasteiger partial charge in [0.15, 0.2) is 6.10 Å². The van der Waals surface area contributed by atoms with Gasteiger partial charge >= 0.3 is 36.8 Å². The third-order valence-electron chi connectivity index (χ3n) is 1.67. The van der Waals surface area contributed by atoms with Crippen molar-refractivity contribution in [1.82, 2.24) is 0 Å². The van der Waals surface area contributed by atoms with E-state index in [1.807, 2.05) is 0 Å². The first-order valence-electron chi connectivity index (χ1n) is 3.94. The maximum atomic E-state index is 10.8. The number of esters is 1. The quantitative estimate of drug-likeness (QED) is 0.223. The van der Waals surface area contributed by atoms with Crippen LogP contribution in [0.1, 0.15) is 2.85 Å². The molecule has 0 aromatic heterocycles. The molecule has 0 bridgehead atoms. The van der Waals surface area contributed by atoms with Crippen LogP contribution in [0.15, 0.2) is 11.5 Å². The Labute approximate surface area is 114 Å². The normalized spacial score (nSPS) is 21.9. The van der Waals surface area contributed by atoms with E-state index < -0.39 is 44.1 Å². The van der Waals surface area contributed by atoms with Crippen LogP contribution in [0.5, 0.6) is 0 Å². The number of carbonyl (C=O) groups is 1. The fourth-order valence-electron chi connectivity index (χ4n) is 1.03. The fourth-order valence-corrected chi connectivity index (χ4v) is 1.48. The van der Waals surface area contributed by atoms with Gasteiger partial charge in [0, 0.05) is 0 Å². The van der Waals surface area contributed by atoms with E-state index in [0.29, 0.717) is 0 Å². The Morgan fingerprint density at radius 1 is 1.53 bits per heavy atom. The van der Waals surface area contributed by atoms with Gasteiger partial charge in [-0.2, -0.15) is 0 Å². The van der Waals surface area contributed by atoms with E-state index in [1.165, 1.54) is 0 Å². The zero-order valence-corrected chi connectivity index (χ0v) is 10.7. The second-order valence-electron chi connectivity index (χ2n) is 2.87. The topological polar surface area (TPSA) is 154 Å². The molecule has 0 spiro atoms. The van der Waals surface area contributed by atoms with Crippen LogP contribution in [0, 0.1) is 0 Å². The predicted molar refractivity (Wildman–Crippen MR) is 53.7 cm³/mol. The van der Waals surface area contributed by atoms with Crippen molar-refractivity contribution in [2.45, 2.75) is 12.2 Å². The molecule has 0 amide bonds. The summed E-state index contributed by atoms with van der Waals surface area (Å²) in [4.78, 5) is 27.8. The number of phosphoric ester groups is 1. The van der Waals surface area contributed by atoms with Crippen molar-refractivity contribution in [3.63, 3.8) is 0 Å². The van der Waals surface area contributed by atoms with Gasteiger partial charge in [0.25, 0.3) is 0 Å². The molecule has 2 atom stereocenters. The molecule has 0 aliphatic carbocycles. The molecule has 1 heterocycles. The molecule has 5 N–H and O–H groups in total. The molecule has 0 fully saturated rings. The minimum Gasteiger partial charge on any atom is -1.00 e. The summed E-state index contributed by atoms with van der Waals surface area (Å²) in [5.41, 5.74) is 0. The van der Waals surface area contributed by atoms with Crippen molar-refractivity contribution in [2.75, 3.05) is 6.61 Å². The van der Waals surface area contributed by atoms with Gasteiger partial charge in [-0.25, -0.2) is 9.36 Å². The minimum atomic E-state index is -5.01. The van der Waals surface area contributed by atoms with Crippen molar-refractivity contribution < 1.29 is 46.6 Å². The van der Waals surface area contributed by atoms with Crippen molar-refractivity contribution in [2.24, 2.45) is 0 Å². The van der Waals surface area contributed by atoms with Gasteiger partial charge < -0.3 is 27.4 Å². The van der Waals surface area contributed by atoms with Crippen molar-refractivity contribution in [3.05, 3.63) is 11.5 Å². The molecule has 1 rings (SSSR count). The average molecular weight is 282 g/mol. The number of hydrogen-bond donors (Lipinski definition) is 5. The summed E-state index contributed by atoms with van der Waals surface area (Å²) >= 11 is 0. The Kier molecular flexibility index (Phi) is 5.88.